The number of aromatic amines is 2. The molecule has 6 aliphatic heterocycles. The molecule has 9 aromatic rings. The van der Waals surface area contributed by atoms with Crippen molar-refractivity contribution in [2.75, 3.05) is 72.2 Å². The Kier molecular flexibility index (Phi) is 32.5. The van der Waals surface area contributed by atoms with Gasteiger partial charge in [-0.1, -0.05) is 300 Å². The third-order valence-corrected chi connectivity index (χ3v) is 28.6. The number of anilines is 4. The number of amides is 4. The summed E-state index contributed by atoms with van der Waals surface area (Å²) in [5.41, 5.74) is 18.2. The van der Waals surface area contributed by atoms with E-state index in [4.69, 9.17) is 28.9 Å². The van der Waals surface area contributed by atoms with Crippen LogP contribution in [0, 0.1) is 69.0 Å². The second kappa shape index (κ2) is 44.6. The lowest BCUT2D eigenvalue weighted by molar-refractivity contribution is -0.114. The standard InChI is InChI=1S/C124H150N8O8/c1-21-29-39-81(25-5)77-129-101-45-35-33-43-89(101)109(117(129)133)111-91-57-53-85(75-103(91)131(119(111)135)79-83(27-7)41-31-23-3)51-55-87-93-59-63-97(125-93)113(115-105(137-71-67-121(9,10)11)47-37-48-106(115)138-72-68-122(12,13)14)99-65-61-95(127-99)88(96-62-66-100(128-96)114(98-64-60-94(87)126-98)116-107(139-73-69-123(15,16)17)49-38-50-108(116)140-74-70-124(18,19)20)56-52-86-54-58-92-104(76-86)132(80-84(28-8)42-32-24-4)120(136)112(92)110-90-44-34-36-46-102(90)130(118(110)134)78-82(26-6)40-30-22-2/h33-38,43-50,53-54,57-66,75-76,81-84,125,128H,21-32,39-42,67-74,77-80H2,1-20H3/b93-87?,94-87?,95-88?,96-88?,111-109+,112-110+,113-97?,113-99?,114-98?,114-100?. The predicted molar refractivity (Wildman–Crippen MR) is 582 cm³/mol. The van der Waals surface area contributed by atoms with Crippen LogP contribution in [0.5, 0.6) is 23.0 Å². The Morgan fingerprint density at radius 2 is 0.586 bits per heavy atom. The van der Waals surface area contributed by atoms with Crippen LogP contribution < -0.4 is 38.5 Å². The Labute approximate surface area is 834 Å². The second-order valence-electron chi connectivity index (χ2n) is 44.2. The number of carbonyl (C=O) groups excluding carboxylic acids is 4. The third kappa shape index (κ3) is 23.3. The Morgan fingerprint density at radius 1 is 0.307 bits per heavy atom. The van der Waals surface area contributed by atoms with Gasteiger partial charge in [0.05, 0.1) is 128 Å². The summed E-state index contributed by atoms with van der Waals surface area (Å²) in [7, 11) is 0. The maximum Gasteiger partial charge on any atom is 0.259 e. The van der Waals surface area contributed by atoms with Crippen LogP contribution in [0.25, 0.3) is 90.9 Å². The summed E-state index contributed by atoms with van der Waals surface area (Å²) in [6.07, 6.45) is 27.3. The molecule has 0 spiro atoms. The summed E-state index contributed by atoms with van der Waals surface area (Å²) in [5.74, 6) is 17.9. The Morgan fingerprint density at radius 3 is 0.879 bits per heavy atom. The number of H-pyrrole nitrogens is 2. The summed E-state index contributed by atoms with van der Waals surface area (Å²) in [6.45, 7) is 48.3. The van der Waals surface area contributed by atoms with Crippen LogP contribution >= 0.6 is 0 Å². The zero-order valence-electron chi connectivity index (χ0n) is 87.2. The molecule has 0 saturated carbocycles. The van der Waals surface area contributed by atoms with Crippen molar-refractivity contribution in [1.82, 2.24) is 19.9 Å². The molecule has 0 saturated heterocycles. The first-order chi connectivity index (χ1) is 67.2. The van der Waals surface area contributed by atoms with Gasteiger partial charge in [0.15, 0.2) is 0 Å². The van der Waals surface area contributed by atoms with Gasteiger partial charge in [0.1, 0.15) is 23.0 Å². The molecular weight excluding hydrogens is 1730 g/mol. The lowest BCUT2D eigenvalue weighted by Gasteiger charge is -2.24. The van der Waals surface area contributed by atoms with Gasteiger partial charge in [-0.2, -0.15) is 0 Å². The number of unbranched alkanes of at least 4 members (excludes halogenated alkanes) is 4. The number of nitrogens with zero attached hydrogens (tertiary/aromatic N) is 6. The van der Waals surface area contributed by atoms with Crippen LogP contribution in [0.3, 0.4) is 0 Å². The van der Waals surface area contributed by atoms with Gasteiger partial charge in [-0.3, -0.25) is 19.2 Å². The molecule has 6 aromatic carbocycles. The van der Waals surface area contributed by atoms with Gasteiger partial charge in [-0.15, -0.1) is 0 Å². The largest absolute Gasteiger partial charge is 0.493 e. The molecule has 6 aliphatic rings. The van der Waals surface area contributed by atoms with E-state index in [0.29, 0.717) is 199 Å². The molecule has 0 radical (unpaired) electrons. The van der Waals surface area contributed by atoms with E-state index in [-0.39, 0.29) is 57.1 Å². The summed E-state index contributed by atoms with van der Waals surface area (Å²) < 4.78 is 28.5. The van der Waals surface area contributed by atoms with Gasteiger partial charge >= 0.3 is 0 Å². The number of hydrogen-bond donors (Lipinski definition) is 2. The molecule has 0 aliphatic carbocycles. The maximum absolute atomic E-state index is 16.0. The highest BCUT2D eigenvalue weighted by Gasteiger charge is 2.46. The van der Waals surface area contributed by atoms with Crippen LogP contribution in [0.2, 0.25) is 0 Å². The predicted octanol–water partition coefficient (Wildman–Crippen LogP) is 30.1. The van der Waals surface area contributed by atoms with Crippen LogP contribution in [-0.2, 0) is 19.2 Å². The number of para-hydroxylation sites is 2. The zero-order chi connectivity index (χ0) is 99.5. The van der Waals surface area contributed by atoms with Crippen molar-refractivity contribution >= 4 is 115 Å². The van der Waals surface area contributed by atoms with Gasteiger partial charge in [-0.25, -0.2) is 9.97 Å². The normalized spacial score (nSPS) is 15.9. The molecule has 16 heteroatoms. The summed E-state index contributed by atoms with van der Waals surface area (Å²) >= 11 is 0. The van der Waals surface area contributed by atoms with Gasteiger partial charge in [0.2, 0.25) is 0 Å². The van der Waals surface area contributed by atoms with E-state index < -0.39 is 0 Å². The van der Waals surface area contributed by atoms with E-state index in [1.165, 1.54) is 0 Å². The van der Waals surface area contributed by atoms with E-state index in [2.05, 4.69) is 221 Å². The maximum atomic E-state index is 16.0. The van der Waals surface area contributed by atoms with E-state index in [0.717, 1.165) is 173 Å². The second-order valence-corrected chi connectivity index (χ2v) is 44.2. The van der Waals surface area contributed by atoms with Crippen LogP contribution in [0.1, 0.15) is 334 Å². The minimum Gasteiger partial charge on any atom is -0.493 e. The number of nitrogens with one attached hydrogen (secondary N) is 2. The molecule has 2 N–H and O–H groups in total. The molecule has 4 atom stereocenters. The number of benzene rings is 6. The summed E-state index contributed by atoms with van der Waals surface area (Å²) in [5, 5.41) is 0. The molecule has 16 nitrogen and oxygen atoms in total. The minimum absolute atomic E-state index is 0.0511. The molecule has 4 amide bonds. The average molecular weight is 1880 g/mol. The molecule has 9 heterocycles. The van der Waals surface area contributed by atoms with Crippen LogP contribution in [0.15, 0.2) is 146 Å². The van der Waals surface area contributed by atoms with Crippen molar-refractivity contribution in [2.45, 2.75) is 267 Å². The van der Waals surface area contributed by atoms with Crippen LogP contribution in [-0.4, -0.2) is 96.2 Å². The molecule has 140 heavy (non-hydrogen) atoms. The fourth-order valence-electron chi connectivity index (χ4n) is 19.9. The lowest BCUT2D eigenvalue weighted by atomic mass is 9.93. The number of hydrogen-bond acceptors (Lipinski definition) is 10. The number of rotatable bonds is 38. The molecule has 734 valence electrons. The first-order valence-corrected chi connectivity index (χ1v) is 52.5. The molecule has 8 bridgehead atoms. The van der Waals surface area contributed by atoms with E-state index in [1.54, 1.807) is 0 Å². The molecule has 4 unspecified atom stereocenters. The highest BCUT2D eigenvalue weighted by molar-refractivity contribution is 6.51. The fourth-order valence-corrected chi connectivity index (χ4v) is 19.9. The van der Waals surface area contributed by atoms with Gasteiger partial charge < -0.3 is 48.5 Å². The van der Waals surface area contributed by atoms with Crippen molar-refractivity contribution in [1.29, 1.82) is 0 Å². The lowest BCUT2D eigenvalue weighted by Crippen LogP contribution is -2.34. The average Bonchev–Trinajstić information content (AvgIpc) is 1.57. The zero-order valence-corrected chi connectivity index (χ0v) is 87.2. The molecule has 15 rings (SSSR count). The number of aromatic nitrogens is 4. The highest BCUT2D eigenvalue weighted by Crippen LogP contribution is 2.53. The summed E-state index contributed by atoms with van der Waals surface area (Å²) in [4.78, 5) is 90.4. The quantitative estimate of drug-likeness (QED) is 0.0280. The molecule has 3 aromatic heterocycles. The van der Waals surface area contributed by atoms with Crippen molar-refractivity contribution in [3.8, 4) is 68.9 Å². The number of fused-ring (bicyclic) bond motifs is 12. The third-order valence-electron chi connectivity index (χ3n) is 28.6. The van der Waals surface area contributed by atoms with Gasteiger partial charge in [0, 0.05) is 81.7 Å². The minimum atomic E-state index is -0.170. The van der Waals surface area contributed by atoms with Gasteiger partial charge in [0.25, 0.3) is 23.6 Å². The van der Waals surface area contributed by atoms with Crippen molar-refractivity contribution < 1.29 is 38.1 Å². The number of ether oxygens (including phenoxy) is 4. The van der Waals surface area contributed by atoms with E-state index in [9.17, 15) is 0 Å². The topological polar surface area (TPSA) is 176 Å². The number of carbonyl (C=O) groups is 4. The fraction of sp³-hybridized carbons (Fsp3) is 0.452. The van der Waals surface area contributed by atoms with Crippen molar-refractivity contribution in [2.24, 2.45) is 45.3 Å². The monoisotopic (exact) mass is 1880 g/mol. The van der Waals surface area contributed by atoms with E-state index >= 15 is 19.2 Å². The molecule has 0 fully saturated rings. The van der Waals surface area contributed by atoms with Crippen LogP contribution in [0.4, 0.5) is 22.7 Å². The molecular formula is C124H150N8O8. The smallest absolute Gasteiger partial charge is 0.259 e. The van der Waals surface area contributed by atoms with Crippen molar-refractivity contribution in [3.63, 3.8) is 0 Å². The Balaban J connectivity index is 1.00. The first kappa shape index (κ1) is 102. The van der Waals surface area contributed by atoms with Gasteiger partial charge in [-0.05, 0) is 206 Å². The highest BCUT2D eigenvalue weighted by atomic mass is 16.5. The Hall–Kier alpha value is -12.4. The SMILES string of the molecule is CCCCC(CC)CN1C(=O)/C(=C2/C(=O)N(CC(CC)CCCC)c3cc(C#Cc4c5nc(c(-c6c(OCCC(C)(C)C)cccc6OCCC(C)(C)C)c6ccc([nH]6)c(C#Cc6ccc7c(c6)N(CC(CC)CCCC)C(=O)/C7=C6/C(=O)N(CC(CC)CCCC)c7ccccc76)c6nc(c(-c7c(OCCC(C)(C)C)cccc7OCCC(C)(C)C)c7ccc4[nH]7)C=C6)C=C5)ccc32)c2ccccc21. The van der Waals surface area contributed by atoms with E-state index in [1.807, 2.05) is 141 Å². The first-order valence-electron chi connectivity index (χ1n) is 52.5. The Bertz CT molecular complexity index is 6080. The summed E-state index contributed by atoms with van der Waals surface area (Å²) in [6, 6.07) is 48.7. The van der Waals surface area contributed by atoms with Crippen molar-refractivity contribution in [3.05, 3.63) is 213 Å².